The predicted molar refractivity (Wildman–Crippen MR) is 102 cm³/mol. The zero-order valence-electron chi connectivity index (χ0n) is 16.0. The number of nitrogens with two attached hydrogens (primary N) is 1. The van der Waals surface area contributed by atoms with E-state index in [1.807, 2.05) is 0 Å². The van der Waals surface area contributed by atoms with Crippen molar-refractivity contribution < 1.29 is 13.9 Å². The summed E-state index contributed by atoms with van der Waals surface area (Å²) in [5.41, 5.74) is 7.08. The van der Waals surface area contributed by atoms with Gasteiger partial charge in [-0.3, -0.25) is 14.3 Å². The van der Waals surface area contributed by atoms with E-state index in [0.29, 0.717) is 17.4 Å². The Hall–Kier alpha value is -3.01. The van der Waals surface area contributed by atoms with Crippen LogP contribution in [-0.4, -0.2) is 39.6 Å². The number of anilines is 1. The van der Waals surface area contributed by atoms with Crippen molar-refractivity contribution in [3.8, 4) is 0 Å². The van der Waals surface area contributed by atoms with E-state index >= 15 is 0 Å². The summed E-state index contributed by atoms with van der Waals surface area (Å²) in [4.78, 5) is 24.7. The summed E-state index contributed by atoms with van der Waals surface area (Å²) < 4.78 is 20.9. The molecule has 0 unspecified atom stereocenters. The zero-order chi connectivity index (χ0) is 20.5. The molecule has 0 saturated heterocycles. The fourth-order valence-corrected chi connectivity index (χ4v) is 3.58. The monoisotopic (exact) mass is 402 g/mol. The number of allylic oxidation sites excluding steroid dienone is 1. The van der Waals surface area contributed by atoms with Crippen LogP contribution in [0.1, 0.15) is 37.3 Å². The van der Waals surface area contributed by atoms with Gasteiger partial charge in [0, 0.05) is 18.9 Å². The highest BCUT2D eigenvalue weighted by Crippen LogP contribution is 2.49. The first-order valence-electron chi connectivity index (χ1n) is 9.57. The average Bonchev–Trinajstić information content (AvgIpc) is 3.62. The normalized spacial score (nSPS) is 17.0. The summed E-state index contributed by atoms with van der Waals surface area (Å²) >= 11 is 0. The maximum Gasteiger partial charge on any atom is 0.271 e. The maximum atomic E-state index is 14.5. The van der Waals surface area contributed by atoms with Gasteiger partial charge in [-0.15, -0.1) is 5.10 Å². The first-order chi connectivity index (χ1) is 14.0. The Morgan fingerprint density at radius 3 is 2.69 bits per heavy atom. The zero-order valence-corrected chi connectivity index (χ0v) is 16.0. The minimum Gasteiger partial charge on any atom is -0.394 e. The van der Waals surface area contributed by atoms with Gasteiger partial charge in [-0.05, 0) is 49.2 Å². The number of rotatable bonds is 8. The van der Waals surface area contributed by atoms with Gasteiger partial charge in [0.25, 0.3) is 17.4 Å². The number of nitrogens with one attached hydrogen (secondary N) is 2. The van der Waals surface area contributed by atoms with Crippen LogP contribution < -0.4 is 16.6 Å². The summed E-state index contributed by atoms with van der Waals surface area (Å²) in [5, 5.41) is 12.3. The number of carbonyl (C=O) groups excluding carboxylic acids is 1. The van der Waals surface area contributed by atoms with E-state index in [0.717, 1.165) is 31.3 Å². The quantitative estimate of drug-likeness (QED) is 0.571. The van der Waals surface area contributed by atoms with Crippen LogP contribution in [-0.2, 0) is 9.53 Å². The number of halogens is 1. The van der Waals surface area contributed by atoms with Crippen LogP contribution in [0, 0.1) is 17.8 Å². The number of hydrogen-bond donors (Lipinski definition) is 3. The lowest BCUT2D eigenvalue weighted by molar-refractivity contribution is -0.113. The molecule has 10 heteroatoms. The SMILES string of the molecule is COC[C@H](c1ccn[nH]c1=O)n1cc(NC(=O)C(N)=C(C2CC2)C2CC2)c(F)n1. The van der Waals surface area contributed by atoms with Crippen molar-refractivity contribution in [2.45, 2.75) is 31.7 Å². The number of aromatic amines is 1. The molecule has 2 aliphatic carbocycles. The summed E-state index contributed by atoms with van der Waals surface area (Å²) in [6.45, 7) is 0.0805. The van der Waals surface area contributed by atoms with Crippen LogP contribution in [0.15, 0.2) is 34.5 Å². The molecule has 0 bridgehead atoms. The molecule has 1 amide bonds. The van der Waals surface area contributed by atoms with E-state index < -0.39 is 23.5 Å². The second-order valence-corrected chi connectivity index (χ2v) is 7.50. The Balaban J connectivity index is 1.58. The Morgan fingerprint density at radius 1 is 1.41 bits per heavy atom. The molecule has 154 valence electrons. The minimum atomic E-state index is -0.864. The van der Waals surface area contributed by atoms with E-state index in [9.17, 15) is 14.0 Å². The molecule has 0 aliphatic heterocycles. The van der Waals surface area contributed by atoms with Gasteiger partial charge < -0.3 is 15.8 Å². The molecule has 4 rings (SSSR count). The lowest BCUT2D eigenvalue weighted by Gasteiger charge is -2.15. The number of H-pyrrole nitrogens is 1. The third-order valence-corrected chi connectivity index (χ3v) is 5.28. The van der Waals surface area contributed by atoms with Crippen molar-refractivity contribution in [2.24, 2.45) is 17.6 Å². The first kappa shape index (κ1) is 19.3. The number of carbonyl (C=O) groups is 1. The fourth-order valence-electron chi connectivity index (χ4n) is 3.58. The number of hydrogen-bond acceptors (Lipinski definition) is 6. The molecule has 2 heterocycles. The molecule has 2 saturated carbocycles. The Kier molecular flexibility index (Phi) is 5.18. The molecule has 1 atom stereocenters. The highest BCUT2D eigenvalue weighted by molar-refractivity contribution is 6.03. The van der Waals surface area contributed by atoms with Crippen LogP contribution in [0.25, 0.3) is 0 Å². The lowest BCUT2D eigenvalue weighted by atomic mass is 10.0. The lowest BCUT2D eigenvalue weighted by Crippen LogP contribution is -2.25. The van der Waals surface area contributed by atoms with E-state index in [2.05, 4.69) is 20.6 Å². The van der Waals surface area contributed by atoms with E-state index in [4.69, 9.17) is 10.5 Å². The van der Waals surface area contributed by atoms with E-state index in [1.165, 1.54) is 30.3 Å². The largest absolute Gasteiger partial charge is 0.394 e. The van der Waals surface area contributed by atoms with Gasteiger partial charge in [0.05, 0.1) is 18.5 Å². The van der Waals surface area contributed by atoms with Crippen LogP contribution in [0.3, 0.4) is 0 Å². The summed E-state index contributed by atoms with van der Waals surface area (Å²) in [6.07, 6.45) is 6.94. The maximum absolute atomic E-state index is 14.5. The highest BCUT2D eigenvalue weighted by Gasteiger charge is 2.39. The molecule has 0 spiro atoms. The van der Waals surface area contributed by atoms with Crippen molar-refractivity contribution in [3.05, 3.63) is 51.6 Å². The Bertz CT molecular complexity index is 991. The van der Waals surface area contributed by atoms with Gasteiger partial charge in [-0.1, -0.05) is 0 Å². The van der Waals surface area contributed by atoms with Gasteiger partial charge in [0.2, 0.25) is 0 Å². The number of nitrogens with zero attached hydrogens (tertiary/aromatic N) is 3. The second kappa shape index (κ2) is 7.78. The molecule has 4 N–H and O–H groups in total. The first-order valence-corrected chi connectivity index (χ1v) is 9.57. The van der Waals surface area contributed by atoms with Crippen LogP contribution in [0.4, 0.5) is 10.1 Å². The number of amides is 1. The minimum absolute atomic E-state index is 0.0805. The molecule has 0 aromatic carbocycles. The van der Waals surface area contributed by atoms with E-state index in [1.54, 1.807) is 0 Å². The van der Waals surface area contributed by atoms with Crippen LogP contribution in [0.2, 0.25) is 0 Å². The van der Waals surface area contributed by atoms with Crippen LogP contribution >= 0.6 is 0 Å². The third-order valence-electron chi connectivity index (χ3n) is 5.28. The van der Waals surface area contributed by atoms with Gasteiger partial charge in [0.15, 0.2) is 0 Å². The molecule has 29 heavy (non-hydrogen) atoms. The summed E-state index contributed by atoms with van der Waals surface area (Å²) in [6, 6.07) is 0.826. The number of ether oxygens (including phenoxy) is 1. The summed E-state index contributed by atoms with van der Waals surface area (Å²) in [5.74, 6) is -0.630. The van der Waals surface area contributed by atoms with Crippen molar-refractivity contribution in [2.75, 3.05) is 19.0 Å². The van der Waals surface area contributed by atoms with Gasteiger partial charge in [-0.25, -0.2) is 5.10 Å². The smallest absolute Gasteiger partial charge is 0.271 e. The molecule has 2 fully saturated rings. The second-order valence-electron chi connectivity index (χ2n) is 7.50. The van der Waals surface area contributed by atoms with Gasteiger partial charge in [-0.2, -0.15) is 9.49 Å². The van der Waals surface area contributed by atoms with Crippen molar-refractivity contribution >= 4 is 11.6 Å². The van der Waals surface area contributed by atoms with Gasteiger partial charge in [0.1, 0.15) is 11.7 Å². The fraction of sp³-hybridized carbons (Fsp3) is 0.474. The van der Waals surface area contributed by atoms with Crippen molar-refractivity contribution in [3.63, 3.8) is 0 Å². The molecule has 2 aromatic rings. The molecular formula is C19H23FN6O3. The Labute approximate surface area is 166 Å². The average molecular weight is 402 g/mol. The Morgan fingerprint density at radius 2 is 2.10 bits per heavy atom. The van der Waals surface area contributed by atoms with E-state index in [-0.39, 0.29) is 18.0 Å². The van der Waals surface area contributed by atoms with Crippen LogP contribution in [0.5, 0.6) is 0 Å². The highest BCUT2D eigenvalue weighted by atomic mass is 19.1. The number of aromatic nitrogens is 4. The predicted octanol–water partition coefficient (Wildman–Crippen LogP) is 1.31. The molecule has 2 aliphatic rings. The van der Waals surface area contributed by atoms with Crippen molar-refractivity contribution in [1.29, 1.82) is 0 Å². The molecular weight excluding hydrogens is 379 g/mol. The van der Waals surface area contributed by atoms with Gasteiger partial charge >= 0.3 is 0 Å². The standard InChI is InChI=1S/C19H23FN6O3/c1-29-9-14(12-6-7-22-24-18(12)27)26-8-13(17(20)25-26)23-19(28)16(21)15(10-2-3-10)11-4-5-11/h6-8,10-11,14H,2-5,9,21H2,1H3,(H,23,28)(H,24,27)/t14-/m1/s1. The van der Waals surface area contributed by atoms with Crippen molar-refractivity contribution in [1.82, 2.24) is 20.0 Å². The topological polar surface area (TPSA) is 128 Å². The third kappa shape index (κ3) is 4.07. The number of methoxy groups -OCH3 is 1. The molecule has 9 nitrogen and oxygen atoms in total. The molecule has 2 aromatic heterocycles. The summed E-state index contributed by atoms with van der Waals surface area (Å²) in [7, 11) is 1.47. The molecule has 0 radical (unpaired) electrons.